The first-order chi connectivity index (χ1) is 15.0. The van der Waals surface area contributed by atoms with E-state index in [2.05, 4.69) is 20.8 Å². The zero-order valence-corrected chi connectivity index (χ0v) is 20.6. The summed E-state index contributed by atoms with van der Waals surface area (Å²) in [6.07, 6.45) is 4.92. The molecular formula is C26H34O5S. The molecule has 1 unspecified atom stereocenters. The molecule has 2 heterocycles. The van der Waals surface area contributed by atoms with Crippen LogP contribution in [-0.4, -0.2) is 21.8 Å². The van der Waals surface area contributed by atoms with Gasteiger partial charge in [-0.3, -0.25) is 0 Å². The van der Waals surface area contributed by atoms with E-state index in [1.54, 1.807) is 12.5 Å². The lowest BCUT2D eigenvalue weighted by Crippen LogP contribution is -2.44. The van der Waals surface area contributed by atoms with Crippen molar-refractivity contribution in [1.82, 2.24) is 0 Å². The number of hydrogen-bond donors (Lipinski definition) is 2. The van der Waals surface area contributed by atoms with Crippen molar-refractivity contribution in [2.75, 3.05) is 0 Å². The molecule has 0 aliphatic carbocycles. The predicted octanol–water partition coefficient (Wildman–Crippen LogP) is 6.21. The number of hydrogen-bond acceptors (Lipinski definition) is 6. The maximum Gasteiger partial charge on any atom is 0.349 e. The van der Waals surface area contributed by atoms with Gasteiger partial charge in [0.1, 0.15) is 16.3 Å². The molecule has 0 spiro atoms. The average molecular weight is 459 g/mol. The SMILES string of the molecule is Cc1cc(SC2=C(O)CC(CCc3ccoc3)(C(C)C)OC2=O)c(C(C)(C)C)cc1CO. The summed E-state index contributed by atoms with van der Waals surface area (Å²) in [6, 6.07) is 5.88. The first kappa shape index (κ1) is 24.5. The van der Waals surface area contributed by atoms with Gasteiger partial charge in [-0.25, -0.2) is 4.79 Å². The van der Waals surface area contributed by atoms with Crippen LogP contribution in [0.2, 0.25) is 0 Å². The van der Waals surface area contributed by atoms with E-state index < -0.39 is 11.6 Å². The molecule has 0 fully saturated rings. The Morgan fingerprint density at radius 3 is 2.50 bits per heavy atom. The molecule has 1 aliphatic heterocycles. The van der Waals surface area contributed by atoms with Crippen molar-refractivity contribution in [3.63, 3.8) is 0 Å². The molecule has 2 aromatic rings. The molecule has 5 nitrogen and oxygen atoms in total. The van der Waals surface area contributed by atoms with Gasteiger partial charge in [-0.15, -0.1) is 0 Å². The van der Waals surface area contributed by atoms with Gasteiger partial charge < -0.3 is 19.4 Å². The molecule has 1 aromatic heterocycles. The summed E-state index contributed by atoms with van der Waals surface area (Å²) in [7, 11) is 0. The van der Waals surface area contributed by atoms with Crippen molar-refractivity contribution >= 4 is 17.7 Å². The lowest BCUT2D eigenvalue weighted by molar-refractivity contribution is -0.164. The second-order valence-electron chi connectivity index (χ2n) is 9.98. The van der Waals surface area contributed by atoms with Crippen LogP contribution in [0.3, 0.4) is 0 Å². The van der Waals surface area contributed by atoms with Gasteiger partial charge in [0.15, 0.2) is 0 Å². The van der Waals surface area contributed by atoms with Crippen LogP contribution in [0, 0.1) is 12.8 Å². The fourth-order valence-corrected chi connectivity index (χ4v) is 5.31. The number of benzene rings is 1. The van der Waals surface area contributed by atoms with Gasteiger partial charge in [0, 0.05) is 11.3 Å². The van der Waals surface area contributed by atoms with Crippen LogP contribution in [0.25, 0.3) is 0 Å². The van der Waals surface area contributed by atoms with Crippen LogP contribution >= 0.6 is 11.8 Å². The minimum Gasteiger partial charge on any atom is -0.511 e. The van der Waals surface area contributed by atoms with Gasteiger partial charge in [0.2, 0.25) is 0 Å². The van der Waals surface area contributed by atoms with E-state index in [9.17, 15) is 15.0 Å². The normalized spacial score (nSPS) is 19.6. The molecule has 0 saturated heterocycles. The van der Waals surface area contributed by atoms with Crippen molar-refractivity contribution in [2.24, 2.45) is 5.92 Å². The number of aliphatic hydroxyl groups excluding tert-OH is 2. The van der Waals surface area contributed by atoms with Crippen molar-refractivity contribution in [1.29, 1.82) is 0 Å². The maximum absolute atomic E-state index is 13.1. The highest BCUT2D eigenvalue weighted by molar-refractivity contribution is 8.04. The first-order valence-electron chi connectivity index (χ1n) is 11.1. The fraction of sp³-hybridized carbons (Fsp3) is 0.500. The number of cyclic esters (lactones) is 1. The summed E-state index contributed by atoms with van der Waals surface area (Å²) >= 11 is 1.25. The van der Waals surface area contributed by atoms with Crippen LogP contribution in [0.5, 0.6) is 0 Å². The van der Waals surface area contributed by atoms with E-state index in [0.717, 1.165) is 27.1 Å². The van der Waals surface area contributed by atoms with Crippen molar-refractivity contribution in [3.05, 3.63) is 63.6 Å². The third kappa shape index (κ3) is 5.07. The first-order valence-corrected chi connectivity index (χ1v) is 11.9. The van der Waals surface area contributed by atoms with Crippen molar-refractivity contribution < 1.29 is 24.2 Å². The number of aryl methyl sites for hydroxylation is 2. The van der Waals surface area contributed by atoms with Gasteiger partial charge in [-0.05, 0) is 65.5 Å². The van der Waals surface area contributed by atoms with Gasteiger partial charge in [0.05, 0.1) is 19.1 Å². The highest BCUT2D eigenvalue weighted by atomic mass is 32.2. The minimum atomic E-state index is -0.758. The number of carbonyl (C=O) groups excluding carboxylic acids is 1. The molecule has 32 heavy (non-hydrogen) atoms. The van der Waals surface area contributed by atoms with Gasteiger partial charge >= 0.3 is 5.97 Å². The molecule has 6 heteroatoms. The standard InChI is InChI=1S/C26H34O5S/c1-16(2)26(9-7-18-8-10-30-15-18)13-21(28)23(24(29)31-26)32-22-11-17(3)19(14-27)12-20(22)25(4,5)6/h8,10-12,15-16,27-28H,7,9,13-14H2,1-6H3. The number of ether oxygens (including phenoxy) is 1. The van der Waals surface area contributed by atoms with Crippen molar-refractivity contribution in [2.45, 2.75) is 83.3 Å². The Kier molecular flexibility index (Phi) is 7.15. The van der Waals surface area contributed by atoms with Crippen molar-refractivity contribution in [3.8, 4) is 0 Å². The fourth-order valence-electron chi connectivity index (χ4n) is 4.07. The lowest BCUT2D eigenvalue weighted by atomic mass is 9.80. The highest BCUT2D eigenvalue weighted by Gasteiger charge is 2.44. The second-order valence-corrected chi connectivity index (χ2v) is 11.0. The molecule has 2 N–H and O–H groups in total. The lowest BCUT2D eigenvalue weighted by Gasteiger charge is -2.40. The Morgan fingerprint density at radius 2 is 1.97 bits per heavy atom. The Morgan fingerprint density at radius 1 is 1.25 bits per heavy atom. The number of carbonyl (C=O) groups is 1. The smallest absolute Gasteiger partial charge is 0.349 e. The number of furan rings is 1. The Balaban J connectivity index is 1.93. The zero-order chi connectivity index (χ0) is 23.7. The molecule has 3 rings (SSSR count). The number of esters is 1. The molecule has 0 amide bonds. The highest BCUT2D eigenvalue weighted by Crippen LogP contribution is 2.45. The Hall–Kier alpha value is -2.18. The Bertz CT molecular complexity index is 998. The molecule has 1 aromatic carbocycles. The molecule has 0 saturated carbocycles. The topological polar surface area (TPSA) is 79.9 Å². The van der Waals surface area contributed by atoms with Crippen LogP contribution in [0.15, 0.2) is 50.7 Å². The van der Waals surface area contributed by atoms with Crippen LogP contribution in [0.4, 0.5) is 0 Å². The second kappa shape index (κ2) is 9.36. The average Bonchev–Trinajstić information content (AvgIpc) is 3.22. The number of rotatable bonds is 7. The van der Waals surface area contributed by atoms with E-state index in [1.165, 1.54) is 11.8 Å². The monoisotopic (exact) mass is 458 g/mol. The molecule has 0 bridgehead atoms. The molecular weight excluding hydrogens is 424 g/mol. The van der Waals surface area contributed by atoms with E-state index in [0.29, 0.717) is 12.8 Å². The quantitative estimate of drug-likeness (QED) is 0.480. The van der Waals surface area contributed by atoms with Gasteiger partial charge in [-0.2, -0.15) is 0 Å². The van der Waals surface area contributed by atoms with E-state index in [1.807, 2.05) is 39.0 Å². The summed E-state index contributed by atoms with van der Waals surface area (Å²) in [5.74, 6) is -0.359. The zero-order valence-electron chi connectivity index (χ0n) is 19.8. The van der Waals surface area contributed by atoms with Gasteiger partial charge in [-0.1, -0.05) is 52.4 Å². The third-order valence-corrected chi connectivity index (χ3v) is 7.47. The summed E-state index contributed by atoms with van der Waals surface area (Å²) in [5, 5.41) is 20.7. The number of aliphatic hydroxyl groups is 2. The largest absolute Gasteiger partial charge is 0.511 e. The van der Waals surface area contributed by atoms with E-state index in [4.69, 9.17) is 9.15 Å². The molecule has 0 radical (unpaired) electrons. The van der Waals surface area contributed by atoms with E-state index in [-0.39, 0.29) is 35.0 Å². The summed E-state index contributed by atoms with van der Waals surface area (Å²) in [5.41, 5.74) is 2.92. The van der Waals surface area contributed by atoms with Gasteiger partial charge in [0.25, 0.3) is 0 Å². The predicted molar refractivity (Wildman–Crippen MR) is 127 cm³/mol. The number of thioether (sulfide) groups is 1. The maximum atomic E-state index is 13.1. The Labute approximate surface area is 194 Å². The molecule has 174 valence electrons. The molecule has 1 aliphatic rings. The van der Waals surface area contributed by atoms with Crippen LogP contribution in [-0.2, 0) is 28.0 Å². The summed E-state index contributed by atoms with van der Waals surface area (Å²) < 4.78 is 11.2. The van der Waals surface area contributed by atoms with Crippen LogP contribution in [0.1, 0.15) is 69.7 Å². The van der Waals surface area contributed by atoms with Crippen LogP contribution < -0.4 is 0 Å². The van der Waals surface area contributed by atoms with E-state index >= 15 is 0 Å². The summed E-state index contributed by atoms with van der Waals surface area (Å²) in [6.45, 7) is 12.2. The summed E-state index contributed by atoms with van der Waals surface area (Å²) in [4.78, 5) is 14.3. The third-order valence-electron chi connectivity index (χ3n) is 6.31. The minimum absolute atomic E-state index is 0.0383. The molecule has 1 atom stereocenters.